The Kier molecular flexibility index (Phi) is 3.74. The van der Waals surface area contributed by atoms with E-state index in [-0.39, 0.29) is 31.5 Å². The van der Waals surface area contributed by atoms with E-state index in [9.17, 15) is 13.6 Å². The monoisotopic (exact) mass is 347 g/mol. The Hall–Kier alpha value is -2.44. The van der Waals surface area contributed by atoms with Gasteiger partial charge in [0.05, 0.1) is 6.54 Å². The molecule has 2 aromatic rings. The average molecular weight is 347 g/mol. The quantitative estimate of drug-likeness (QED) is 0.835. The lowest BCUT2D eigenvalue weighted by atomic mass is 10.1. The van der Waals surface area contributed by atoms with Crippen LogP contribution in [0.3, 0.4) is 0 Å². The highest BCUT2D eigenvalue weighted by atomic mass is 19.3. The highest BCUT2D eigenvalue weighted by molar-refractivity contribution is 5.93. The Bertz CT molecular complexity index is 791. The molecule has 7 heteroatoms. The molecule has 0 radical (unpaired) electrons. The molecule has 0 N–H and O–H groups in total. The topological polar surface area (TPSA) is 47.4 Å². The number of aromatic nitrogens is 2. The molecule has 2 heterocycles. The minimum atomic E-state index is -2.62. The molecule has 0 bridgehead atoms. The van der Waals surface area contributed by atoms with Crippen LogP contribution < -0.4 is 4.74 Å². The van der Waals surface area contributed by atoms with Gasteiger partial charge in [0.15, 0.2) is 0 Å². The van der Waals surface area contributed by atoms with Gasteiger partial charge in [-0.25, -0.2) is 8.78 Å². The SMILES string of the molecule is C[C@@H]1Cn2nc(COc3ccccc3)cc2C(=O)N1CC1CC1(F)F. The Balaban J connectivity index is 1.46. The van der Waals surface area contributed by atoms with Crippen LogP contribution in [0.4, 0.5) is 8.78 Å². The zero-order valence-electron chi connectivity index (χ0n) is 13.9. The molecule has 4 rings (SSSR count). The van der Waals surface area contributed by atoms with Gasteiger partial charge in [-0.2, -0.15) is 5.10 Å². The zero-order chi connectivity index (χ0) is 17.6. The summed E-state index contributed by atoms with van der Waals surface area (Å²) in [7, 11) is 0. The van der Waals surface area contributed by atoms with Gasteiger partial charge >= 0.3 is 0 Å². The van der Waals surface area contributed by atoms with Crippen LogP contribution in [0.2, 0.25) is 0 Å². The summed E-state index contributed by atoms with van der Waals surface area (Å²) in [5, 5.41) is 4.42. The van der Waals surface area contributed by atoms with Crippen molar-refractivity contribution >= 4 is 5.91 Å². The number of fused-ring (bicyclic) bond motifs is 1. The molecule has 0 spiro atoms. The molecule has 1 aliphatic carbocycles. The largest absolute Gasteiger partial charge is 0.487 e. The first-order valence-corrected chi connectivity index (χ1v) is 8.37. The second-order valence-electron chi connectivity index (χ2n) is 6.77. The highest BCUT2D eigenvalue weighted by Gasteiger charge is 2.58. The number of ether oxygens (including phenoxy) is 1. The number of carbonyl (C=O) groups excluding carboxylic acids is 1. The number of para-hydroxylation sites is 1. The predicted octanol–water partition coefficient (Wildman–Crippen LogP) is 2.96. The minimum absolute atomic E-state index is 0.105. The van der Waals surface area contributed by atoms with Crippen molar-refractivity contribution in [2.24, 2.45) is 5.92 Å². The predicted molar refractivity (Wildman–Crippen MR) is 86.6 cm³/mol. The van der Waals surface area contributed by atoms with Crippen molar-refractivity contribution in [2.45, 2.75) is 38.5 Å². The molecule has 25 heavy (non-hydrogen) atoms. The Labute approximate surface area is 144 Å². The first-order valence-electron chi connectivity index (χ1n) is 8.37. The third kappa shape index (κ3) is 3.10. The van der Waals surface area contributed by atoms with Crippen molar-refractivity contribution in [1.82, 2.24) is 14.7 Å². The Morgan fingerprint density at radius 3 is 2.72 bits per heavy atom. The molecule has 1 aliphatic heterocycles. The van der Waals surface area contributed by atoms with E-state index in [0.717, 1.165) is 5.75 Å². The van der Waals surface area contributed by atoms with Gasteiger partial charge in [-0.1, -0.05) is 18.2 Å². The summed E-state index contributed by atoms with van der Waals surface area (Å²) < 4.78 is 33.7. The summed E-state index contributed by atoms with van der Waals surface area (Å²) in [5.41, 5.74) is 1.09. The van der Waals surface area contributed by atoms with E-state index in [4.69, 9.17) is 4.74 Å². The van der Waals surface area contributed by atoms with Crippen LogP contribution in [0.15, 0.2) is 36.4 Å². The molecule has 1 fully saturated rings. The number of hydrogen-bond acceptors (Lipinski definition) is 3. The lowest BCUT2D eigenvalue weighted by Crippen LogP contribution is -2.47. The van der Waals surface area contributed by atoms with Crippen molar-refractivity contribution in [3.63, 3.8) is 0 Å². The van der Waals surface area contributed by atoms with Gasteiger partial charge in [-0.3, -0.25) is 9.48 Å². The van der Waals surface area contributed by atoms with Crippen molar-refractivity contribution in [3.05, 3.63) is 47.8 Å². The number of halogens is 2. The second-order valence-corrected chi connectivity index (χ2v) is 6.77. The average Bonchev–Trinajstić information content (AvgIpc) is 3.00. The molecule has 1 aromatic carbocycles. The number of nitrogens with zero attached hydrogens (tertiary/aromatic N) is 3. The summed E-state index contributed by atoms with van der Waals surface area (Å²) in [4.78, 5) is 14.2. The number of alkyl halides is 2. The summed E-state index contributed by atoms with van der Waals surface area (Å²) in [6, 6.07) is 10.9. The van der Waals surface area contributed by atoms with Crippen LogP contribution in [0.1, 0.15) is 29.5 Å². The van der Waals surface area contributed by atoms with Crippen LogP contribution >= 0.6 is 0 Å². The fourth-order valence-corrected chi connectivity index (χ4v) is 3.19. The maximum atomic E-state index is 13.2. The van der Waals surface area contributed by atoms with Gasteiger partial charge in [-0.05, 0) is 25.1 Å². The fraction of sp³-hybridized carbons (Fsp3) is 0.444. The Morgan fingerprint density at radius 2 is 2.04 bits per heavy atom. The lowest BCUT2D eigenvalue weighted by molar-refractivity contribution is 0.0501. The van der Waals surface area contributed by atoms with Crippen LogP contribution in [0.5, 0.6) is 5.75 Å². The standard InChI is InChI=1S/C18H19F2N3O2/c1-12-9-23-16(17(24)22(12)10-13-8-18(13,19)20)7-14(21-23)11-25-15-5-3-2-4-6-15/h2-7,12-13H,8-11H2,1H3/t12-,13?/m1/s1. The number of rotatable bonds is 5. The van der Waals surface area contributed by atoms with E-state index in [0.29, 0.717) is 17.9 Å². The molecule has 1 amide bonds. The molecule has 2 aliphatic rings. The summed E-state index contributed by atoms with van der Waals surface area (Å²) >= 11 is 0. The summed E-state index contributed by atoms with van der Waals surface area (Å²) in [6.45, 7) is 2.73. The molecule has 1 unspecified atom stereocenters. The maximum absolute atomic E-state index is 13.2. The zero-order valence-corrected chi connectivity index (χ0v) is 13.9. The first-order chi connectivity index (χ1) is 11.9. The van der Waals surface area contributed by atoms with Crippen LogP contribution in [-0.4, -0.2) is 39.1 Å². The van der Waals surface area contributed by atoms with Gasteiger partial charge in [0, 0.05) is 24.9 Å². The van der Waals surface area contributed by atoms with Gasteiger partial charge in [0.2, 0.25) is 0 Å². The van der Waals surface area contributed by atoms with Crippen molar-refractivity contribution < 1.29 is 18.3 Å². The molecule has 0 saturated heterocycles. The van der Waals surface area contributed by atoms with E-state index >= 15 is 0 Å². The minimum Gasteiger partial charge on any atom is -0.487 e. The van der Waals surface area contributed by atoms with Crippen LogP contribution in [0.25, 0.3) is 0 Å². The Morgan fingerprint density at radius 1 is 1.32 bits per heavy atom. The maximum Gasteiger partial charge on any atom is 0.272 e. The van der Waals surface area contributed by atoms with E-state index < -0.39 is 11.8 Å². The van der Waals surface area contributed by atoms with Crippen molar-refractivity contribution in [1.29, 1.82) is 0 Å². The summed E-state index contributed by atoms with van der Waals surface area (Å²) in [5.74, 6) is -2.84. The van der Waals surface area contributed by atoms with E-state index in [1.807, 2.05) is 37.3 Å². The second kappa shape index (κ2) is 5.82. The van der Waals surface area contributed by atoms with E-state index in [1.165, 1.54) is 0 Å². The molecule has 5 nitrogen and oxygen atoms in total. The normalized spacial score (nSPS) is 24.1. The van der Waals surface area contributed by atoms with Crippen molar-refractivity contribution in [3.8, 4) is 5.75 Å². The fourth-order valence-electron chi connectivity index (χ4n) is 3.19. The number of carbonyl (C=O) groups is 1. The molecule has 1 aromatic heterocycles. The third-order valence-electron chi connectivity index (χ3n) is 4.78. The molecule has 1 saturated carbocycles. The number of benzene rings is 1. The van der Waals surface area contributed by atoms with Crippen molar-refractivity contribution in [2.75, 3.05) is 6.54 Å². The number of amides is 1. The van der Waals surface area contributed by atoms with E-state index in [1.54, 1.807) is 15.6 Å². The lowest BCUT2D eigenvalue weighted by Gasteiger charge is -2.33. The third-order valence-corrected chi connectivity index (χ3v) is 4.78. The molecule has 132 valence electrons. The molecular formula is C18H19F2N3O2. The highest BCUT2D eigenvalue weighted by Crippen LogP contribution is 2.49. The smallest absolute Gasteiger partial charge is 0.272 e. The van der Waals surface area contributed by atoms with Gasteiger partial charge in [0.25, 0.3) is 11.8 Å². The molecule has 2 atom stereocenters. The van der Waals surface area contributed by atoms with Gasteiger partial charge < -0.3 is 9.64 Å². The summed E-state index contributed by atoms with van der Waals surface area (Å²) in [6.07, 6.45) is -0.126. The first kappa shape index (κ1) is 16.1. The van der Waals surface area contributed by atoms with Crippen LogP contribution in [0, 0.1) is 5.92 Å². The molecular weight excluding hydrogens is 328 g/mol. The van der Waals surface area contributed by atoms with Gasteiger partial charge in [0.1, 0.15) is 23.7 Å². The van der Waals surface area contributed by atoms with E-state index in [2.05, 4.69) is 5.10 Å². The van der Waals surface area contributed by atoms with Crippen LogP contribution in [-0.2, 0) is 13.2 Å². The van der Waals surface area contributed by atoms with Gasteiger partial charge in [-0.15, -0.1) is 0 Å². The number of hydrogen-bond donors (Lipinski definition) is 0.